The van der Waals surface area contributed by atoms with Gasteiger partial charge in [-0.1, -0.05) is 23.7 Å². The lowest BCUT2D eigenvalue weighted by molar-refractivity contribution is 0.476. The third kappa shape index (κ3) is 2.22. The molecule has 0 aliphatic carbocycles. The van der Waals surface area contributed by atoms with E-state index in [0.717, 1.165) is 0 Å². The second kappa shape index (κ2) is 4.94. The maximum atomic E-state index is 13.4. The van der Waals surface area contributed by atoms with Crippen LogP contribution in [0.1, 0.15) is 5.56 Å². The number of anilines is 1. The third-order valence-electron chi connectivity index (χ3n) is 2.32. The van der Waals surface area contributed by atoms with Gasteiger partial charge in [0, 0.05) is 0 Å². The quantitative estimate of drug-likeness (QED) is 0.839. The van der Waals surface area contributed by atoms with Gasteiger partial charge in [0.05, 0.1) is 10.7 Å². The molecular formula is C13H8ClFN2O. The number of nitrogen functional groups attached to an aromatic ring is 1. The molecule has 0 spiro atoms. The molecule has 2 aromatic rings. The van der Waals surface area contributed by atoms with E-state index in [2.05, 4.69) is 0 Å². The summed E-state index contributed by atoms with van der Waals surface area (Å²) in [6, 6.07) is 10.7. The van der Waals surface area contributed by atoms with Gasteiger partial charge in [0.25, 0.3) is 0 Å². The molecule has 0 amide bonds. The third-order valence-corrected chi connectivity index (χ3v) is 2.65. The van der Waals surface area contributed by atoms with Gasteiger partial charge < -0.3 is 10.5 Å². The summed E-state index contributed by atoms with van der Waals surface area (Å²) in [5.74, 6) is -0.258. The smallest absolute Gasteiger partial charge is 0.151 e. The van der Waals surface area contributed by atoms with Crippen molar-refractivity contribution in [1.29, 1.82) is 5.26 Å². The summed E-state index contributed by atoms with van der Waals surface area (Å²) in [5.41, 5.74) is 5.80. The molecule has 18 heavy (non-hydrogen) atoms. The lowest BCUT2D eigenvalue weighted by Gasteiger charge is -2.10. The van der Waals surface area contributed by atoms with Crippen molar-refractivity contribution in [3.8, 4) is 17.6 Å². The van der Waals surface area contributed by atoms with Gasteiger partial charge in [-0.15, -0.1) is 0 Å². The number of para-hydroxylation sites is 1. The highest BCUT2D eigenvalue weighted by atomic mass is 35.5. The van der Waals surface area contributed by atoms with Gasteiger partial charge in [0.1, 0.15) is 23.2 Å². The Morgan fingerprint density at radius 1 is 1.17 bits per heavy atom. The molecule has 0 radical (unpaired) electrons. The van der Waals surface area contributed by atoms with Crippen LogP contribution in [0.4, 0.5) is 10.1 Å². The van der Waals surface area contributed by atoms with Crippen LogP contribution in [0.25, 0.3) is 0 Å². The van der Waals surface area contributed by atoms with Crippen LogP contribution < -0.4 is 10.5 Å². The standard InChI is InChI=1S/C13H8ClFN2O/c14-9-3-1-6-12(13(9)17)18-11-5-2-4-10(15)8(11)7-16/h1-6H,17H2. The Morgan fingerprint density at radius 3 is 2.56 bits per heavy atom. The molecule has 2 aromatic carbocycles. The van der Waals surface area contributed by atoms with Crippen molar-refractivity contribution >= 4 is 17.3 Å². The lowest BCUT2D eigenvalue weighted by atomic mass is 10.2. The van der Waals surface area contributed by atoms with E-state index in [0.29, 0.717) is 5.02 Å². The van der Waals surface area contributed by atoms with E-state index in [4.69, 9.17) is 27.3 Å². The van der Waals surface area contributed by atoms with Crippen LogP contribution in [0.3, 0.4) is 0 Å². The fraction of sp³-hybridized carbons (Fsp3) is 0. The molecule has 0 fully saturated rings. The largest absolute Gasteiger partial charge is 0.454 e. The first-order chi connectivity index (χ1) is 8.63. The minimum atomic E-state index is -0.643. The van der Waals surface area contributed by atoms with Crippen LogP contribution in [0, 0.1) is 17.1 Å². The van der Waals surface area contributed by atoms with Crippen molar-refractivity contribution < 1.29 is 9.13 Å². The van der Waals surface area contributed by atoms with Crippen molar-refractivity contribution in [2.75, 3.05) is 5.73 Å². The Bertz CT molecular complexity index is 637. The van der Waals surface area contributed by atoms with E-state index in [1.54, 1.807) is 24.3 Å². The Labute approximate surface area is 108 Å². The summed E-state index contributed by atoms with van der Waals surface area (Å²) in [7, 11) is 0. The first-order valence-corrected chi connectivity index (χ1v) is 5.41. The average Bonchev–Trinajstić information content (AvgIpc) is 2.35. The zero-order valence-corrected chi connectivity index (χ0v) is 9.91. The van der Waals surface area contributed by atoms with Crippen LogP contribution >= 0.6 is 11.6 Å². The molecule has 2 rings (SSSR count). The number of nitriles is 1. The summed E-state index contributed by atoms with van der Waals surface area (Å²) >= 11 is 5.84. The van der Waals surface area contributed by atoms with Gasteiger partial charge >= 0.3 is 0 Å². The molecule has 0 heterocycles. The topological polar surface area (TPSA) is 59.0 Å². The highest BCUT2D eigenvalue weighted by Crippen LogP contribution is 2.34. The summed E-state index contributed by atoms with van der Waals surface area (Å²) in [6.07, 6.45) is 0. The van der Waals surface area contributed by atoms with Crippen molar-refractivity contribution in [2.24, 2.45) is 0 Å². The van der Waals surface area contributed by atoms with E-state index in [1.807, 2.05) is 0 Å². The zero-order chi connectivity index (χ0) is 13.1. The van der Waals surface area contributed by atoms with Crippen LogP contribution in [0.15, 0.2) is 36.4 Å². The van der Waals surface area contributed by atoms with Gasteiger partial charge in [-0.25, -0.2) is 4.39 Å². The fourth-order valence-corrected chi connectivity index (χ4v) is 1.59. The maximum Gasteiger partial charge on any atom is 0.151 e. The van der Waals surface area contributed by atoms with Crippen LogP contribution in [0.2, 0.25) is 5.02 Å². The Kier molecular flexibility index (Phi) is 3.35. The lowest BCUT2D eigenvalue weighted by Crippen LogP contribution is -1.95. The highest BCUT2D eigenvalue weighted by Gasteiger charge is 2.12. The first-order valence-electron chi connectivity index (χ1n) is 5.04. The number of hydrogen-bond donors (Lipinski definition) is 1. The molecule has 5 heteroatoms. The summed E-state index contributed by atoms with van der Waals surface area (Å²) in [6.45, 7) is 0. The number of ether oxygens (including phenoxy) is 1. The summed E-state index contributed by atoms with van der Waals surface area (Å²) in [4.78, 5) is 0. The van der Waals surface area contributed by atoms with Gasteiger partial charge in [-0.2, -0.15) is 5.26 Å². The summed E-state index contributed by atoms with van der Waals surface area (Å²) in [5, 5.41) is 9.21. The summed E-state index contributed by atoms with van der Waals surface area (Å²) < 4.78 is 18.8. The van der Waals surface area contributed by atoms with Crippen LogP contribution in [-0.2, 0) is 0 Å². The zero-order valence-electron chi connectivity index (χ0n) is 9.15. The number of nitrogens with two attached hydrogens (primary N) is 1. The minimum absolute atomic E-state index is 0.103. The molecule has 0 saturated carbocycles. The van der Waals surface area contributed by atoms with Gasteiger partial charge in [-0.3, -0.25) is 0 Å². The predicted octanol–water partition coefficient (Wildman–Crippen LogP) is 3.73. The van der Waals surface area contributed by atoms with E-state index in [1.165, 1.54) is 18.2 Å². The van der Waals surface area contributed by atoms with E-state index >= 15 is 0 Å². The number of halogens is 2. The SMILES string of the molecule is N#Cc1c(F)cccc1Oc1cccc(Cl)c1N. The number of hydrogen-bond acceptors (Lipinski definition) is 3. The molecule has 90 valence electrons. The van der Waals surface area contributed by atoms with E-state index < -0.39 is 5.82 Å². The van der Waals surface area contributed by atoms with Crippen molar-refractivity contribution in [3.05, 3.63) is 52.8 Å². The molecule has 3 nitrogen and oxygen atoms in total. The fourth-order valence-electron chi connectivity index (χ4n) is 1.42. The van der Waals surface area contributed by atoms with Crippen molar-refractivity contribution in [3.63, 3.8) is 0 Å². The molecule has 0 saturated heterocycles. The Balaban J connectivity index is 2.44. The predicted molar refractivity (Wildman–Crippen MR) is 67.1 cm³/mol. The second-order valence-corrected chi connectivity index (χ2v) is 3.89. The van der Waals surface area contributed by atoms with E-state index in [-0.39, 0.29) is 22.7 Å². The average molecular weight is 263 g/mol. The molecule has 0 aromatic heterocycles. The van der Waals surface area contributed by atoms with Gasteiger partial charge in [0.15, 0.2) is 5.75 Å². The molecule has 0 aliphatic heterocycles. The number of nitrogens with zero attached hydrogens (tertiary/aromatic N) is 1. The molecule has 0 unspecified atom stereocenters. The van der Waals surface area contributed by atoms with Crippen LogP contribution in [0.5, 0.6) is 11.5 Å². The van der Waals surface area contributed by atoms with Gasteiger partial charge in [0.2, 0.25) is 0 Å². The molecule has 2 N–H and O–H groups in total. The second-order valence-electron chi connectivity index (χ2n) is 3.48. The highest BCUT2D eigenvalue weighted by molar-refractivity contribution is 6.33. The van der Waals surface area contributed by atoms with Crippen molar-refractivity contribution in [2.45, 2.75) is 0 Å². The van der Waals surface area contributed by atoms with E-state index in [9.17, 15) is 4.39 Å². The molecular weight excluding hydrogens is 255 g/mol. The molecule has 0 atom stereocenters. The van der Waals surface area contributed by atoms with Gasteiger partial charge in [-0.05, 0) is 24.3 Å². The Hall–Kier alpha value is -2.25. The normalized spacial score (nSPS) is 9.83. The maximum absolute atomic E-state index is 13.4. The minimum Gasteiger partial charge on any atom is -0.454 e. The Morgan fingerprint density at radius 2 is 1.83 bits per heavy atom. The number of rotatable bonds is 2. The molecule has 0 aliphatic rings. The first kappa shape index (κ1) is 12.2. The number of benzene rings is 2. The molecule has 0 bridgehead atoms. The van der Waals surface area contributed by atoms with Crippen LogP contribution in [-0.4, -0.2) is 0 Å². The monoisotopic (exact) mass is 262 g/mol. The van der Waals surface area contributed by atoms with Crippen molar-refractivity contribution in [1.82, 2.24) is 0 Å².